The number of hydrogen-bond donors (Lipinski definition) is 1. The summed E-state index contributed by atoms with van der Waals surface area (Å²) in [5, 5.41) is 2.49. The second kappa shape index (κ2) is 7.09. The van der Waals surface area contributed by atoms with Gasteiger partial charge in [0, 0.05) is 18.8 Å². The molecule has 0 aromatic heterocycles. The molecule has 1 unspecified atom stereocenters. The lowest BCUT2D eigenvalue weighted by atomic mass is 9.76. The van der Waals surface area contributed by atoms with E-state index < -0.39 is 60.2 Å². The third-order valence-electron chi connectivity index (χ3n) is 4.46. The minimum atomic E-state index is -2.96. The summed E-state index contributed by atoms with van der Waals surface area (Å²) < 4.78 is 31.7. The van der Waals surface area contributed by atoms with E-state index >= 15 is 0 Å². The topological polar surface area (TPSA) is 102 Å². The maximum absolute atomic E-state index is 13.3. The van der Waals surface area contributed by atoms with Gasteiger partial charge in [-0.25, -0.2) is 18.4 Å². The highest BCUT2D eigenvalue weighted by Gasteiger charge is 2.52. The predicted octanol–water partition coefficient (Wildman–Crippen LogP) is 2.68. The zero-order valence-electron chi connectivity index (χ0n) is 16.0. The zero-order chi connectivity index (χ0) is 21.6. The van der Waals surface area contributed by atoms with Gasteiger partial charge in [0.15, 0.2) is 0 Å². The summed E-state index contributed by atoms with van der Waals surface area (Å²) in [6, 6.07) is 4.37. The lowest BCUT2D eigenvalue weighted by Crippen LogP contribution is -2.55. The summed E-state index contributed by atoms with van der Waals surface area (Å²) in [6.07, 6.45) is -2.30. The molecule has 0 spiro atoms. The van der Waals surface area contributed by atoms with Crippen LogP contribution in [0, 0.1) is 5.92 Å². The number of alkyl halides is 2. The van der Waals surface area contributed by atoms with E-state index in [4.69, 9.17) is 9.57 Å². The number of ether oxygens (including phenoxy) is 1. The number of nitrogens with zero attached hydrogens (tertiary/aromatic N) is 1. The maximum Gasteiger partial charge on any atom is 0.408 e. The average Bonchev–Trinajstić information content (AvgIpc) is 2.81. The Hall–Kier alpha value is -3.04. The molecular weight excluding hydrogens is 390 g/mol. The SMILES string of the molecule is CC(C)(C)OC(=O)NC(C(=O)ON1C(=O)c2ccccc2C1=O)C1CC(F)(F)C1. The average molecular weight is 410 g/mol. The Balaban J connectivity index is 1.74. The van der Waals surface area contributed by atoms with Gasteiger partial charge in [0.2, 0.25) is 5.92 Å². The van der Waals surface area contributed by atoms with E-state index in [2.05, 4.69) is 5.32 Å². The van der Waals surface area contributed by atoms with Crippen LogP contribution < -0.4 is 5.32 Å². The van der Waals surface area contributed by atoms with Gasteiger partial charge in [-0.3, -0.25) is 9.59 Å². The number of carbonyl (C=O) groups is 4. The lowest BCUT2D eigenvalue weighted by molar-refractivity contribution is -0.180. The van der Waals surface area contributed by atoms with Gasteiger partial charge >= 0.3 is 12.1 Å². The first-order valence-corrected chi connectivity index (χ1v) is 8.95. The van der Waals surface area contributed by atoms with Crippen LogP contribution in [0.15, 0.2) is 24.3 Å². The molecule has 29 heavy (non-hydrogen) atoms. The van der Waals surface area contributed by atoms with Crippen molar-refractivity contribution >= 4 is 23.9 Å². The zero-order valence-corrected chi connectivity index (χ0v) is 16.0. The van der Waals surface area contributed by atoms with Crippen molar-refractivity contribution in [3.05, 3.63) is 35.4 Å². The van der Waals surface area contributed by atoms with Crippen LogP contribution in [0.2, 0.25) is 0 Å². The predicted molar refractivity (Wildman–Crippen MR) is 93.9 cm³/mol. The summed E-state index contributed by atoms with van der Waals surface area (Å²) in [6.45, 7) is 4.78. The molecule has 1 aliphatic heterocycles. The molecule has 1 atom stereocenters. The van der Waals surface area contributed by atoms with Gasteiger partial charge in [-0.05, 0) is 32.9 Å². The van der Waals surface area contributed by atoms with Crippen LogP contribution in [0.1, 0.15) is 54.3 Å². The number of rotatable bonds is 4. The van der Waals surface area contributed by atoms with Crippen LogP contribution in [-0.4, -0.2) is 46.5 Å². The summed E-state index contributed by atoms with van der Waals surface area (Å²) >= 11 is 0. The van der Waals surface area contributed by atoms with E-state index in [9.17, 15) is 28.0 Å². The van der Waals surface area contributed by atoms with Crippen LogP contribution >= 0.6 is 0 Å². The Morgan fingerprint density at radius 1 is 1.14 bits per heavy atom. The van der Waals surface area contributed by atoms with Crippen molar-refractivity contribution in [1.82, 2.24) is 10.4 Å². The van der Waals surface area contributed by atoms with Gasteiger partial charge in [-0.2, -0.15) is 0 Å². The molecule has 1 N–H and O–H groups in total. The number of nitrogens with one attached hydrogen (secondary N) is 1. The quantitative estimate of drug-likeness (QED) is 0.766. The van der Waals surface area contributed by atoms with Gasteiger partial charge in [-0.1, -0.05) is 17.2 Å². The molecule has 2 aliphatic rings. The summed E-state index contributed by atoms with van der Waals surface area (Å²) in [5.74, 6) is -6.80. The van der Waals surface area contributed by atoms with E-state index in [1.54, 1.807) is 32.9 Å². The van der Waals surface area contributed by atoms with E-state index in [-0.39, 0.29) is 16.2 Å². The summed E-state index contributed by atoms with van der Waals surface area (Å²) in [4.78, 5) is 54.2. The lowest BCUT2D eigenvalue weighted by Gasteiger charge is -2.39. The molecule has 3 amide bonds. The molecule has 1 aliphatic carbocycles. The number of fused-ring (bicyclic) bond motifs is 1. The van der Waals surface area contributed by atoms with Crippen LogP contribution in [0.4, 0.5) is 13.6 Å². The van der Waals surface area contributed by atoms with Crippen molar-refractivity contribution in [2.45, 2.75) is 51.2 Å². The molecule has 1 aromatic rings. The number of hydrogen-bond acceptors (Lipinski definition) is 6. The molecule has 8 nitrogen and oxygen atoms in total. The second-order valence-corrected chi connectivity index (χ2v) is 8.01. The fourth-order valence-corrected chi connectivity index (χ4v) is 3.14. The Labute approximate surface area is 165 Å². The Morgan fingerprint density at radius 3 is 2.10 bits per heavy atom. The van der Waals surface area contributed by atoms with Crippen molar-refractivity contribution < 1.29 is 37.5 Å². The minimum Gasteiger partial charge on any atom is -0.444 e. The number of carbonyl (C=O) groups excluding carboxylic acids is 4. The minimum absolute atomic E-state index is 0.0529. The fourth-order valence-electron chi connectivity index (χ4n) is 3.14. The Bertz CT molecular complexity index is 837. The summed E-state index contributed by atoms with van der Waals surface area (Å²) in [7, 11) is 0. The maximum atomic E-state index is 13.3. The molecule has 1 saturated carbocycles. The highest BCUT2D eigenvalue weighted by Crippen LogP contribution is 2.44. The van der Waals surface area contributed by atoms with Crippen molar-refractivity contribution in [3.63, 3.8) is 0 Å². The van der Waals surface area contributed by atoms with Crippen LogP contribution in [-0.2, 0) is 14.4 Å². The number of hydroxylamine groups is 2. The Kier molecular flexibility index (Phi) is 5.06. The van der Waals surface area contributed by atoms with E-state index in [0.29, 0.717) is 0 Å². The first kappa shape index (κ1) is 20.7. The van der Waals surface area contributed by atoms with E-state index in [0.717, 1.165) is 0 Å². The smallest absolute Gasteiger partial charge is 0.408 e. The Morgan fingerprint density at radius 2 is 1.66 bits per heavy atom. The van der Waals surface area contributed by atoms with Crippen LogP contribution in [0.3, 0.4) is 0 Å². The van der Waals surface area contributed by atoms with Crippen molar-refractivity contribution in [2.24, 2.45) is 5.92 Å². The number of amides is 3. The number of alkyl carbamates (subject to hydrolysis) is 1. The molecule has 0 saturated heterocycles. The first-order chi connectivity index (χ1) is 13.4. The molecule has 3 rings (SSSR count). The highest BCUT2D eigenvalue weighted by molar-refractivity contribution is 6.20. The number of imide groups is 1. The van der Waals surface area contributed by atoms with Gasteiger partial charge < -0.3 is 14.9 Å². The van der Waals surface area contributed by atoms with Crippen LogP contribution in [0.5, 0.6) is 0 Å². The third-order valence-corrected chi connectivity index (χ3v) is 4.46. The van der Waals surface area contributed by atoms with E-state index in [1.807, 2.05) is 0 Å². The molecule has 10 heteroatoms. The normalized spacial score (nSPS) is 19.3. The summed E-state index contributed by atoms with van der Waals surface area (Å²) in [5.41, 5.74) is -0.779. The van der Waals surface area contributed by atoms with Gasteiger partial charge in [0.25, 0.3) is 11.8 Å². The molecule has 0 bridgehead atoms. The van der Waals surface area contributed by atoms with E-state index in [1.165, 1.54) is 12.1 Å². The third kappa shape index (κ3) is 4.36. The fraction of sp³-hybridized carbons (Fsp3) is 0.474. The monoisotopic (exact) mass is 410 g/mol. The molecule has 0 radical (unpaired) electrons. The van der Waals surface area contributed by atoms with Gasteiger partial charge in [0.05, 0.1) is 11.1 Å². The second-order valence-electron chi connectivity index (χ2n) is 8.01. The van der Waals surface area contributed by atoms with Crippen molar-refractivity contribution in [3.8, 4) is 0 Å². The van der Waals surface area contributed by atoms with Crippen LogP contribution in [0.25, 0.3) is 0 Å². The standard InChI is InChI=1S/C19H20F2N2O6/c1-18(2,3)28-17(27)22-13(10-8-19(20,21)9-10)16(26)29-23-14(24)11-6-4-5-7-12(11)15(23)25/h4-7,10,13H,8-9H2,1-3H3,(H,22,27). The molecule has 1 heterocycles. The number of halogens is 2. The van der Waals surface area contributed by atoms with Gasteiger partial charge in [-0.15, -0.1) is 0 Å². The number of benzene rings is 1. The molecular formula is C19H20F2N2O6. The largest absolute Gasteiger partial charge is 0.444 e. The van der Waals surface area contributed by atoms with Crippen molar-refractivity contribution in [2.75, 3.05) is 0 Å². The highest BCUT2D eigenvalue weighted by atomic mass is 19.3. The molecule has 156 valence electrons. The molecule has 1 fully saturated rings. The first-order valence-electron chi connectivity index (χ1n) is 8.95. The van der Waals surface area contributed by atoms with Gasteiger partial charge in [0.1, 0.15) is 11.6 Å². The molecule has 1 aromatic carbocycles. The van der Waals surface area contributed by atoms with Crippen molar-refractivity contribution in [1.29, 1.82) is 0 Å².